The first kappa shape index (κ1) is 21.6. The fourth-order valence-electron chi connectivity index (χ4n) is 3.72. The lowest BCUT2D eigenvalue weighted by molar-refractivity contribution is -0.134. The van der Waals surface area contributed by atoms with Gasteiger partial charge >= 0.3 is 0 Å². The van der Waals surface area contributed by atoms with E-state index in [1.807, 2.05) is 25.1 Å². The number of fused-ring (bicyclic) bond motifs is 1. The van der Waals surface area contributed by atoms with Crippen LogP contribution in [0.4, 0.5) is 5.69 Å². The van der Waals surface area contributed by atoms with Crippen LogP contribution in [0.2, 0.25) is 0 Å². The van der Waals surface area contributed by atoms with E-state index in [9.17, 15) is 14.4 Å². The summed E-state index contributed by atoms with van der Waals surface area (Å²) in [6.45, 7) is 2.16. The van der Waals surface area contributed by atoms with E-state index in [-0.39, 0.29) is 37.0 Å². The Morgan fingerprint density at radius 3 is 2.60 bits per heavy atom. The lowest BCUT2D eigenvalue weighted by Gasteiger charge is -2.20. The SMILES string of the molecule is CCN(CC(=O)Nc1cccc(OC)c1)C(=O)CCC(=O)c1ccc2c(c1)CCC2. The van der Waals surface area contributed by atoms with Crippen molar-refractivity contribution in [1.29, 1.82) is 0 Å². The van der Waals surface area contributed by atoms with Gasteiger partial charge in [0, 0.05) is 36.7 Å². The third kappa shape index (κ3) is 5.47. The molecule has 0 saturated carbocycles. The van der Waals surface area contributed by atoms with Gasteiger partial charge in [0.15, 0.2) is 5.78 Å². The predicted molar refractivity (Wildman–Crippen MR) is 116 cm³/mol. The highest BCUT2D eigenvalue weighted by molar-refractivity contribution is 5.99. The van der Waals surface area contributed by atoms with Crippen LogP contribution in [0, 0.1) is 0 Å². The Labute approximate surface area is 177 Å². The number of ketones is 1. The molecule has 1 aliphatic rings. The zero-order valence-corrected chi connectivity index (χ0v) is 17.6. The summed E-state index contributed by atoms with van der Waals surface area (Å²) in [6.07, 6.45) is 3.46. The third-order valence-electron chi connectivity index (χ3n) is 5.41. The van der Waals surface area contributed by atoms with Crippen LogP contribution in [0.15, 0.2) is 42.5 Å². The van der Waals surface area contributed by atoms with Gasteiger partial charge in [-0.2, -0.15) is 0 Å². The molecule has 30 heavy (non-hydrogen) atoms. The van der Waals surface area contributed by atoms with Crippen LogP contribution in [-0.4, -0.2) is 42.7 Å². The largest absolute Gasteiger partial charge is 0.497 e. The number of carbonyl (C=O) groups excluding carboxylic acids is 3. The van der Waals surface area contributed by atoms with Gasteiger partial charge in [0.2, 0.25) is 11.8 Å². The van der Waals surface area contributed by atoms with Crippen molar-refractivity contribution in [2.45, 2.75) is 39.0 Å². The molecule has 2 amide bonds. The van der Waals surface area contributed by atoms with Crippen molar-refractivity contribution in [3.63, 3.8) is 0 Å². The summed E-state index contributed by atoms with van der Waals surface area (Å²) in [5, 5.41) is 2.77. The summed E-state index contributed by atoms with van der Waals surface area (Å²) in [5.41, 5.74) is 3.84. The van der Waals surface area contributed by atoms with Crippen LogP contribution in [0.3, 0.4) is 0 Å². The fourth-order valence-corrected chi connectivity index (χ4v) is 3.72. The first-order chi connectivity index (χ1) is 14.5. The number of Topliss-reactive ketones (excluding diaryl/α,β-unsaturated/α-hetero) is 1. The van der Waals surface area contributed by atoms with Gasteiger partial charge in [-0.25, -0.2) is 0 Å². The van der Waals surface area contributed by atoms with Gasteiger partial charge in [-0.05, 0) is 55.5 Å². The number of carbonyl (C=O) groups is 3. The van der Waals surface area contributed by atoms with Crippen molar-refractivity contribution >= 4 is 23.3 Å². The van der Waals surface area contributed by atoms with Crippen molar-refractivity contribution in [3.05, 3.63) is 59.2 Å². The molecule has 6 nitrogen and oxygen atoms in total. The highest BCUT2D eigenvalue weighted by Crippen LogP contribution is 2.23. The maximum absolute atomic E-state index is 12.6. The second kappa shape index (κ2) is 10.1. The highest BCUT2D eigenvalue weighted by Gasteiger charge is 2.19. The molecule has 2 aromatic carbocycles. The molecule has 158 valence electrons. The number of aryl methyl sites for hydroxylation is 2. The van der Waals surface area contributed by atoms with Crippen molar-refractivity contribution in [2.24, 2.45) is 0 Å². The van der Waals surface area contributed by atoms with E-state index in [0.29, 0.717) is 23.5 Å². The molecule has 2 aromatic rings. The van der Waals surface area contributed by atoms with Crippen LogP contribution in [0.5, 0.6) is 5.75 Å². The number of likely N-dealkylation sites (N-methyl/N-ethyl adjacent to an activating group) is 1. The molecule has 6 heteroatoms. The summed E-state index contributed by atoms with van der Waals surface area (Å²) >= 11 is 0. The first-order valence-corrected chi connectivity index (χ1v) is 10.4. The predicted octanol–water partition coefficient (Wildman–Crippen LogP) is 3.63. The second-order valence-corrected chi connectivity index (χ2v) is 7.45. The molecule has 0 saturated heterocycles. The summed E-state index contributed by atoms with van der Waals surface area (Å²) in [6, 6.07) is 12.9. The van der Waals surface area contributed by atoms with E-state index in [2.05, 4.69) is 5.32 Å². The maximum Gasteiger partial charge on any atom is 0.243 e. The van der Waals surface area contributed by atoms with E-state index in [0.717, 1.165) is 19.3 Å². The van der Waals surface area contributed by atoms with Crippen LogP contribution < -0.4 is 10.1 Å². The van der Waals surface area contributed by atoms with Crippen LogP contribution in [0.25, 0.3) is 0 Å². The molecule has 0 unspecified atom stereocenters. The Morgan fingerprint density at radius 1 is 1.03 bits per heavy atom. The Bertz CT molecular complexity index is 939. The molecule has 3 rings (SSSR count). The lowest BCUT2D eigenvalue weighted by Crippen LogP contribution is -2.38. The summed E-state index contributed by atoms with van der Waals surface area (Å²) < 4.78 is 5.14. The topological polar surface area (TPSA) is 75.7 Å². The normalized spacial score (nSPS) is 12.2. The van der Waals surface area contributed by atoms with Gasteiger partial charge in [0.05, 0.1) is 13.7 Å². The Kier molecular flexibility index (Phi) is 7.22. The smallest absolute Gasteiger partial charge is 0.243 e. The van der Waals surface area contributed by atoms with Crippen LogP contribution in [-0.2, 0) is 22.4 Å². The Hall–Kier alpha value is -3.15. The number of benzene rings is 2. The van der Waals surface area contributed by atoms with E-state index in [1.54, 1.807) is 31.4 Å². The molecule has 0 fully saturated rings. The number of hydrogen-bond acceptors (Lipinski definition) is 4. The molecule has 0 heterocycles. The zero-order chi connectivity index (χ0) is 21.5. The average molecular weight is 408 g/mol. The van der Waals surface area contributed by atoms with Gasteiger partial charge in [-0.1, -0.05) is 18.2 Å². The standard InChI is InChI=1S/C24H28N2O4/c1-3-26(16-23(28)25-20-8-5-9-21(15-20)30-2)24(29)13-12-22(27)19-11-10-17-6-4-7-18(17)14-19/h5,8-11,14-15H,3-4,6-7,12-13,16H2,1-2H3,(H,25,28). The number of hydrogen-bond donors (Lipinski definition) is 1. The van der Waals surface area contributed by atoms with E-state index >= 15 is 0 Å². The molecule has 0 bridgehead atoms. The first-order valence-electron chi connectivity index (χ1n) is 10.4. The second-order valence-electron chi connectivity index (χ2n) is 7.45. The summed E-state index contributed by atoms with van der Waals surface area (Å²) in [7, 11) is 1.56. The average Bonchev–Trinajstić information content (AvgIpc) is 3.23. The molecule has 0 spiro atoms. The molecule has 0 radical (unpaired) electrons. The molecule has 1 N–H and O–H groups in total. The minimum absolute atomic E-state index is 0.0325. The van der Waals surface area contributed by atoms with Gasteiger partial charge in [0.1, 0.15) is 5.75 Å². The number of nitrogens with zero attached hydrogens (tertiary/aromatic N) is 1. The zero-order valence-electron chi connectivity index (χ0n) is 17.6. The van der Waals surface area contributed by atoms with Gasteiger partial charge in [0.25, 0.3) is 0 Å². The van der Waals surface area contributed by atoms with E-state index < -0.39 is 0 Å². The van der Waals surface area contributed by atoms with Gasteiger partial charge in [-0.3, -0.25) is 14.4 Å². The number of rotatable bonds is 9. The number of amides is 2. The van der Waals surface area contributed by atoms with Crippen molar-refractivity contribution in [3.8, 4) is 5.75 Å². The lowest BCUT2D eigenvalue weighted by atomic mass is 10.0. The Balaban J connectivity index is 1.51. The summed E-state index contributed by atoms with van der Waals surface area (Å²) in [5.74, 6) is 0.118. The van der Waals surface area contributed by atoms with Crippen molar-refractivity contribution < 1.29 is 19.1 Å². The molecular weight excluding hydrogens is 380 g/mol. The minimum Gasteiger partial charge on any atom is -0.497 e. The van der Waals surface area contributed by atoms with E-state index in [1.165, 1.54) is 16.0 Å². The van der Waals surface area contributed by atoms with Crippen molar-refractivity contribution in [1.82, 2.24) is 4.90 Å². The summed E-state index contributed by atoms with van der Waals surface area (Å²) in [4.78, 5) is 38.9. The van der Waals surface area contributed by atoms with Crippen LogP contribution in [0.1, 0.15) is 47.7 Å². The molecule has 0 atom stereocenters. The molecule has 0 aromatic heterocycles. The number of nitrogens with one attached hydrogen (secondary N) is 1. The Morgan fingerprint density at radius 2 is 1.83 bits per heavy atom. The van der Waals surface area contributed by atoms with Crippen molar-refractivity contribution in [2.75, 3.05) is 25.5 Å². The number of anilines is 1. The minimum atomic E-state index is -0.289. The highest BCUT2D eigenvalue weighted by atomic mass is 16.5. The number of methoxy groups -OCH3 is 1. The number of ether oxygens (including phenoxy) is 1. The van der Waals surface area contributed by atoms with Gasteiger partial charge < -0.3 is 15.0 Å². The fraction of sp³-hybridized carbons (Fsp3) is 0.375. The van der Waals surface area contributed by atoms with E-state index in [4.69, 9.17) is 4.74 Å². The quantitative estimate of drug-likeness (QED) is 0.643. The third-order valence-corrected chi connectivity index (χ3v) is 5.41. The maximum atomic E-state index is 12.6. The molecule has 0 aliphatic heterocycles. The van der Waals surface area contributed by atoms with Crippen LogP contribution >= 0.6 is 0 Å². The molecule has 1 aliphatic carbocycles. The molecular formula is C24H28N2O4. The monoisotopic (exact) mass is 408 g/mol. The van der Waals surface area contributed by atoms with Gasteiger partial charge in [-0.15, -0.1) is 0 Å².